The maximum absolute atomic E-state index is 5.63. The lowest BCUT2D eigenvalue weighted by atomic mass is 10.0. The molecular formula is C15H30NO. The Morgan fingerprint density at radius 1 is 1.00 bits per heavy atom. The molecule has 1 heterocycles. The lowest BCUT2D eigenvalue weighted by Gasteiger charge is -2.07. The molecule has 0 aromatic rings. The van der Waals surface area contributed by atoms with Gasteiger partial charge in [-0.3, -0.25) is 0 Å². The van der Waals surface area contributed by atoms with Crippen LogP contribution in [0.4, 0.5) is 0 Å². The van der Waals surface area contributed by atoms with E-state index < -0.39 is 0 Å². The summed E-state index contributed by atoms with van der Waals surface area (Å²) in [7, 11) is 0. The third-order valence-corrected chi connectivity index (χ3v) is 3.63. The van der Waals surface area contributed by atoms with Crippen molar-refractivity contribution >= 4 is 0 Å². The maximum atomic E-state index is 5.63. The van der Waals surface area contributed by atoms with Crippen LogP contribution in [0.2, 0.25) is 0 Å². The fraction of sp³-hybridized carbons (Fsp3) is 1.00. The zero-order chi connectivity index (χ0) is 12.2. The Morgan fingerprint density at radius 3 is 2.41 bits per heavy atom. The van der Waals surface area contributed by atoms with Crippen LogP contribution in [0.5, 0.6) is 0 Å². The standard InChI is InChI=1S/C15H30NO/c1-2-3-4-7-12-17-13-8-5-6-9-15-10-11-16-14-15/h15H,2-14H2,1H3. The summed E-state index contributed by atoms with van der Waals surface area (Å²) < 4.78 is 5.63. The van der Waals surface area contributed by atoms with Crippen LogP contribution >= 0.6 is 0 Å². The van der Waals surface area contributed by atoms with Crippen LogP contribution in [0.15, 0.2) is 0 Å². The number of nitrogens with zero attached hydrogens (tertiary/aromatic N) is 1. The number of hydrogen-bond acceptors (Lipinski definition) is 1. The molecule has 1 saturated heterocycles. The van der Waals surface area contributed by atoms with E-state index in [0.717, 1.165) is 32.2 Å². The molecule has 0 aliphatic carbocycles. The Bertz CT molecular complexity index is 155. The quantitative estimate of drug-likeness (QED) is 0.504. The zero-order valence-electron chi connectivity index (χ0n) is 11.6. The summed E-state index contributed by atoms with van der Waals surface area (Å²) >= 11 is 0. The topological polar surface area (TPSA) is 23.3 Å². The molecule has 1 aliphatic heterocycles. The first kappa shape index (κ1) is 15.0. The Kier molecular flexibility index (Phi) is 9.72. The number of unbranched alkanes of at least 4 members (excludes halogenated alkanes) is 5. The molecule has 0 aromatic carbocycles. The lowest BCUT2D eigenvalue weighted by Crippen LogP contribution is -2.03. The highest BCUT2D eigenvalue weighted by atomic mass is 16.5. The van der Waals surface area contributed by atoms with E-state index >= 15 is 0 Å². The molecule has 1 rings (SSSR count). The summed E-state index contributed by atoms with van der Waals surface area (Å²) in [5.41, 5.74) is 0. The molecule has 1 radical (unpaired) electrons. The average molecular weight is 240 g/mol. The van der Waals surface area contributed by atoms with Crippen LogP contribution in [0.3, 0.4) is 0 Å². The molecule has 1 unspecified atom stereocenters. The van der Waals surface area contributed by atoms with Gasteiger partial charge in [0.25, 0.3) is 0 Å². The van der Waals surface area contributed by atoms with Crippen LogP contribution in [-0.4, -0.2) is 26.3 Å². The van der Waals surface area contributed by atoms with Gasteiger partial charge in [-0.2, -0.15) is 0 Å². The van der Waals surface area contributed by atoms with Gasteiger partial charge in [-0.25, -0.2) is 5.32 Å². The van der Waals surface area contributed by atoms with Gasteiger partial charge in [0.2, 0.25) is 0 Å². The van der Waals surface area contributed by atoms with Crippen molar-refractivity contribution in [3.05, 3.63) is 0 Å². The molecule has 2 heteroatoms. The molecule has 0 bridgehead atoms. The highest BCUT2D eigenvalue weighted by Gasteiger charge is 2.14. The molecule has 0 spiro atoms. The Labute approximate surface area is 108 Å². The van der Waals surface area contributed by atoms with Gasteiger partial charge < -0.3 is 4.74 Å². The third kappa shape index (κ3) is 8.62. The summed E-state index contributed by atoms with van der Waals surface area (Å²) in [6.45, 7) is 6.45. The van der Waals surface area contributed by atoms with Gasteiger partial charge in [0.1, 0.15) is 0 Å². The molecule has 1 aliphatic rings. The fourth-order valence-electron chi connectivity index (χ4n) is 2.42. The molecule has 0 N–H and O–H groups in total. The molecule has 0 amide bonds. The largest absolute Gasteiger partial charge is 0.381 e. The van der Waals surface area contributed by atoms with Crippen molar-refractivity contribution in [3.63, 3.8) is 0 Å². The SMILES string of the molecule is CCCCCCOCCCCCC1CC[N]C1. The van der Waals surface area contributed by atoms with Gasteiger partial charge in [-0.15, -0.1) is 0 Å². The second-order valence-corrected chi connectivity index (χ2v) is 5.31. The van der Waals surface area contributed by atoms with E-state index in [0.29, 0.717) is 0 Å². The van der Waals surface area contributed by atoms with Gasteiger partial charge in [-0.1, -0.05) is 39.0 Å². The van der Waals surface area contributed by atoms with Crippen molar-refractivity contribution in [2.45, 2.75) is 64.7 Å². The summed E-state index contributed by atoms with van der Waals surface area (Å²) in [6.07, 6.45) is 11.9. The summed E-state index contributed by atoms with van der Waals surface area (Å²) in [5, 5.41) is 4.40. The van der Waals surface area contributed by atoms with E-state index in [2.05, 4.69) is 12.2 Å². The van der Waals surface area contributed by atoms with Crippen LogP contribution in [0.1, 0.15) is 64.7 Å². The molecule has 101 valence electrons. The van der Waals surface area contributed by atoms with Gasteiger partial charge in [0.15, 0.2) is 0 Å². The van der Waals surface area contributed by atoms with Crippen LogP contribution in [0, 0.1) is 5.92 Å². The normalized spacial score (nSPS) is 19.9. The Hall–Kier alpha value is -0.0800. The van der Waals surface area contributed by atoms with E-state index in [1.165, 1.54) is 57.8 Å². The molecule has 1 atom stereocenters. The highest BCUT2D eigenvalue weighted by molar-refractivity contribution is 4.70. The van der Waals surface area contributed by atoms with Crippen molar-refractivity contribution in [2.24, 2.45) is 5.92 Å². The first-order valence-electron chi connectivity index (χ1n) is 7.64. The molecule has 0 aromatic heterocycles. The predicted molar refractivity (Wildman–Crippen MR) is 73.4 cm³/mol. The van der Waals surface area contributed by atoms with Crippen molar-refractivity contribution in [1.82, 2.24) is 5.32 Å². The molecule has 2 nitrogen and oxygen atoms in total. The molecular weight excluding hydrogens is 210 g/mol. The minimum Gasteiger partial charge on any atom is -0.381 e. The minimum atomic E-state index is 0.907. The zero-order valence-corrected chi connectivity index (χ0v) is 11.6. The molecule has 1 fully saturated rings. The summed E-state index contributed by atoms with van der Waals surface area (Å²) in [6, 6.07) is 0. The second kappa shape index (κ2) is 11.0. The first-order valence-corrected chi connectivity index (χ1v) is 7.64. The fourth-order valence-corrected chi connectivity index (χ4v) is 2.42. The second-order valence-electron chi connectivity index (χ2n) is 5.31. The van der Waals surface area contributed by atoms with Crippen LogP contribution in [0.25, 0.3) is 0 Å². The van der Waals surface area contributed by atoms with E-state index in [4.69, 9.17) is 4.74 Å². The minimum absolute atomic E-state index is 0.907. The summed E-state index contributed by atoms with van der Waals surface area (Å²) in [5.74, 6) is 0.907. The van der Waals surface area contributed by atoms with Crippen molar-refractivity contribution in [1.29, 1.82) is 0 Å². The average Bonchev–Trinajstić information content (AvgIpc) is 2.85. The monoisotopic (exact) mass is 240 g/mol. The number of hydrogen-bond donors (Lipinski definition) is 0. The van der Waals surface area contributed by atoms with Crippen molar-refractivity contribution < 1.29 is 4.74 Å². The van der Waals surface area contributed by atoms with Crippen LogP contribution in [-0.2, 0) is 4.74 Å². The van der Waals surface area contributed by atoms with Crippen LogP contribution < -0.4 is 5.32 Å². The van der Waals surface area contributed by atoms with E-state index in [1.54, 1.807) is 0 Å². The van der Waals surface area contributed by atoms with E-state index in [1.807, 2.05) is 0 Å². The van der Waals surface area contributed by atoms with Gasteiger partial charge in [-0.05, 0) is 31.6 Å². The van der Waals surface area contributed by atoms with Crippen molar-refractivity contribution in [2.75, 3.05) is 26.3 Å². The predicted octanol–water partition coefficient (Wildman–Crippen LogP) is 3.77. The Balaban J connectivity index is 1.69. The molecule has 0 saturated carbocycles. The number of rotatable bonds is 11. The first-order chi connectivity index (χ1) is 8.43. The smallest absolute Gasteiger partial charge is 0.0466 e. The van der Waals surface area contributed by atoms with E-state index in [-0.39, 0.29) is 0 Å². The van der Waals surface area contributed by atoms with Gasteiger partial charge in [0, 0.05) is 26.3 Å². The number of ether oxygens (including phenoxy) is 1. The van der Waals surface area contributed by atoms with Gasteiger partial charge in [0.05, 0.1) is 0 Å². The molecule has 17 heavy (non-hydrogen) atoms. The Morgan fingerprint density at radius 2 is 1.76 bits per heavy atom. The summed E-state index contributed by atoms with van der Waals surface area (Å²) in [4.78, 5) is 0. The third-order valence-electron chi connectivity index (χ3n) is 3.63. The van der Waals surface area contributed by atoms with E-state index in [9.17, 15) is 0 Å². The lowest BCUT2D eigenvalue weighted by molar-refractivity contribution is 0.125. The highest BCUT2D eigenvalue weighted by Crippen LogP contribution is 2.16. The maximum Gasteiger partial charge on any atom is 0.0466 e. The van der Waals surface area contributed by atoms with Crippen molar-refractivity contribution in [3.8, 4) is 0 Å². The van der Waals surface area contributed by atoms with Gasteiger partial charge >= 0.3 is 0 Å².